The first-order valence-electron chi connectivity index (χ1n) is 12.4. The van der Waals surface area contributed by atoms with Crippen LogP contribution in [0.3, 0.4) is 0 Å². The highest BCUT2D eigenvalue weighted by atomic mass is 35.5. The van der Waals surface area contributed by atoms with Gasteiger partial charge in [0.1, 0.15) is 11.0 Å². The van der Waals surface area contributed by atoms with Crippen molar-refractivity contribution in [3.8, 4) is 11.1 Å². The molecular weight excluding hydrogens is 511 g/mol. The van der Waals surface area contributed by atoms with Crippen LogP contribution in [0, 0.1) is 17.5 Å². The Kier molecular flexibility index (Phi) is 7.77. The molecule has 0 bridgehead atoms. The van der Waals surface area contributed by atoms with Crippen LogP contribution in [-0.4, -0.2) is 28.9 Å². The number of halogens is 4. The highest BCUT2D eigenvalue weighted by molar-refractivity contribution is 6.29. The summed E-state index contributed by atoms with van der Waals surface area (Å²) in [6.45, 7) is 1.97. The van der Waals surface area contributed by atoms with Crippen LogP contribution in [0.4, 0.5) is 18.9 Å². The fraction of sp³-hybridized carbons (Fsp3) is 0.200. The minimum absolute atomic E-state index is 0.0742. The summed E-state index contributed by atoms with van der Waals surface area (Å²) < 4.78 is 43.2. The summed E-state index contributed by atoms with van der Waals surface area (Å²) in [5.74, 6) is -2.81. The molecule has 4 aromatic rings. The van der Waals surface area contributed by atoms with E-state index < -0.39 is 17.5 Å². The Morgan fingerprint density at radius 3 is 2.37 bits per heavy atom. The summed E-state index contributed by atoms with van der Waals surface area (Å²) in [6.07, 6.45) is 2.76. The lowest BCUT2D eigenvalue weighted by atomic mass is 9.87. The monoisotopic (exact) mass is 535 g/mol. The van der Waals surface area contributed by atoms with Crippen LogP contribution >= 0.6 is 11.6 Å². The lowest BCUT2D eigenvalue weighted by Gasteiger charge is -2.33. The van der Waals surface area contributed by atoms with Crippen LogP contribution in [-0.2, 0) is 6.54 Å². The molecule has 1 fully saturated rings. The molecule has 0 unspecified atom stereocenters. The number of nitrogens with one attached hydrogen (secondary N) is 1. The molecule has 5 rings (SSSR count). The van der Waals surface area contributed by atoms with Gasteiger partial charge in [0, 0.05) is 35.6 Å². The number of likely N-dealkylation sites (tertiary alicyclic amines) is 1. The Labute approximate surface area is 224 Å². The number of nitrogens with zero attached hydrogens (tertiary/aromatic N) is 2. The summed E-state index contributed by atoms with van der Waals surface area (Å²) in [6, 6.07) is 19.8. The largest absolute Gasteiger partial charge is 0.322 e. The van der Waals surface area contributed by atoms with E-state index in [1.165, 1.54) is 24.4 Å². The number of hydrogen-bond acceptors (Lipinski definition) is 3. The summed E-state index contributed by atoms with van der Waals surface area (Å²) in [5, 5.41) is 2.87. The fourth-order valence-corrected chi connectivity index (χ4v) is 5.09. The molecule has 2 heterocycles. The Morgan fingerprint density at radius 1 is 0.921 bits per heavy atom. The molecule has 1 aromatic heterocycles. The van der Waals surface area contributed by atoms with Crippen LogP contribution in [0.5, 0.6) is 0 Å². The molecule has 3 aromatic carbocycles. The number of anilines is 1. The normalized spacial score (nSPS) is 14.4. The molecule has 1 aliphatic heterocycles. The van der Waals surface area contributed by atoms with E-state index in [0.29, 0.717) is 43.6 Å². The van der Waals surface area contributed by atoms with Gasteiger partial charge < -0.3 is 5.32 Å². The molecule has 0 spiro atoms. The standard InChI is InChI=1S/C30H25ClF3N3O/c31-29-15-22(8-11-35-29)30(38)36-28-17-27(34)26(33)16-24(28)21-9-12-37(13-10-21)18-19-6-7-23(25(32)14-19)20-4-2-1-3-5-20/h1-8,11,14-17,21H,9-10,12-13,18H2,(H,36,38). The highest BCUT2D eigenvalue weighted by Crippen LogP contribution is 2.35. The Hall–Kier alpha value is -3.68. The van der Waals surface area contributed by atoms with E-state index in [0.717, 1.165) is 17.2 Å². The average Bonchev–Trinajstić information content (AvgIpc) is 2.92. The highest BCUT2D eigenvalue weighted by Gasteiger charge is 2.25. The molecule has 1 amide bonds. The number of hydrogen-bond donors (Lipinski definition) is 1. The number of rotatable bonds is 6. The SMILES string of the molecule is O=C(Nc1cc(F)c(F)cc1C1CCN(Cc2ccc(-c3ccccc3)c(F)c2)CC1)c1ccnc(Cl)c1. The minimum atomic E-state index is -1.03. The second kappa shape index (κ2) is 11.4. The molecule has 0 saturated carbocycles. The van der Waals surface area contributed by atoms with Gasteiger partial charge in [0.05, 0.1) is 0 Å². The van der Waals surface area contributed by atoms with Crippen molar-refractivity contribution in [2.24, 2.45) is 0 Å². The van der Waals surface area contributed by atoms with E-state index in [1.807, 2.05) is 36.4 Å². The Bertz CT molecular complexity index is 1460. The first kappa shape index (κ1) is 25.9. The van der Waals surface area contributed by atoms with Crippen molar-refractivity contribution in [1.82, 2.24) is 9.88 Å². The van der Waals surface area contributed by atoms with Gasteiger partial charge in [-0.15, -0.1) is 0 Å². The van der Waals surface area contributed by atoms with E-state index in [9.17, 15) is 18.0 Å². The number of aromatic nitrogens is 1. The molecule has 4 nitrogen and oxygen atoms in total. The van der Waals surface area contributed by atoms with Crippen LogP contribution < -0.4 is 5.32 Å². The van der Waals surface area contributed by atoms with Crippen molar-refractivity contribution in [2.45, 2.75) is 25.3 Å². The Balaban J connectivity index is 1.26. The van der Waals surface area contributed by atoms with Crippen molar-refractivity contribution < 1.29 is 18.0 Å². The van der Waals surface area contributed by atoms with Gasteiger partial charge in [0.25, 0.3) is 5.91 Å². The molecular formula is C30H25ClF3N3O. The van der Waals surface area contributed by atoms with Crippen LogP contribution in [0.15, 0.2) is 79.0 Å². The molecule has 0 radical (unpaired) electrons. The first-order chi connectivity index (χ1) is 18.4. The third kappa shape index (κ3) is 5.90. The predicted octanol–water partition coefficient (Wildman–Crippen LogP) is 7.45. The zero-order valence-corrected chi connectivity index (χ0v) is 21.2. The maximum absolute atomic E-state index is 14.8. The van der Waals surface area contributed by atoms with Gasteiger partial charge in [-0.2, -0.15) is 0 Å². The number of piperidine rings is 1. The average molecular weight is 536 g/mol. The van der Waals surface area contributed by atoms with E-state index in [2.05, 4.69) is 15.2 Å². The molecule has 194 valence electrons. The van der Waals surface area contributed by atoms with Gasteiger partial charge in [-0.05, 0) is 72.8 Å². The Morgan fingerprint density at radius 2 is 1.66 bits per heavy atom. The van der Waals surface area contributed by atoms with Gasteiger partial charge in [0.15, 0.2) is 11.6 Å². The maximum Gasteiger partial charge on any atom is 0.255 e. The molecule has 1 aliphatic rings. The van der Waals surface area contributed by atoms with E-state index in [-0.39, 0.29) is 28.1 Å². The lowest BCUT2D eigenvalue weighted by molar-refractivity contribution is 0.102. The summed E-state index contributed by atoms with van der Waals surface area (Å²) >= 11 is 5.88. The van der Waals surface area contributed by atoms with Gasteiger partial charge in [-0.1, -0.05) is 54.1 Å². The third-order valence-corrected chi connectivity index (χ3v) is 7.09. The zero-order chi connectivity index (χ0) is 26.6. The van der Waals surface area contributed by atoms with Crippen molar-refractivity contribution in [2.75, 3.05) is 18.4 Å². The van der Waals surface area contributed by atoms with Crippen molar-refractivity contribution in [3.05, 3.63) is 118 Å². The number of carbonyl (C=O) groups is 1. The summed E-state index contributed by atoms with van der Waals surface area (Å²) in [5.41, 5.74) is 3.32. The van der Waals surface area contributed by atoms with Crippen LogP contribution in [0.2, 0.25) is 5.15 Å². The van der Waals surface area contributed by atoms with Gasteiger partial charge >= 0.3 is 0 Å². The number of pyridine rings is 1. The van der Waals surface area contributed by atoms with Gasteiger partial charge in [0.2, 0.25) is 0 Å². The van der Waals surface area contributed by atoms with E-state index in [4.69, 9.17) is 11.6 Å². The van der Waals surface area contributed by atoms with Crippen molar-refractivity contribution in [3.63, 3.8) is 0 Å². The quantitative estimate of drug-likeness (QED) is 0.261. The molecule has 1 saturated heterocycles. The zero-order valence-electron chi connectivity index (χ0n) is 20.4. The van der Waals surface area contributed by atoms with Gasteiger partial charge in [-0.3, -0.25) is 9.69 Å². The summed E-state index contributed by atoms with van der Waals surface area (Å²) in [4.78, 5) is 18.8. The van der Waals surface area contributed by atoms with Crippen molar-refractivity contribution in [1.29, 1.82) is 0 Å². The molecule has 1 N–H and O–H groups in total. The van der Waals surface area contributed by atoms with Crippen LogP contribution in [0.1, 0.15) is 40.2 Å². The minimum Gasteiger partial charge on any atom is -0.322 e. The lowest BCUT2D eigenvalue weighted by Crippen LogP contribution is -2.33. The smallest absolute Gasteiger partial charge is 0.255 e. The number of amides is 1. The van der Waals surface area contributed by atoms with Crippen molar-refractivity contribution >= 4 is 23.2 Å². The van der Waals surface area contributed by atoms with Crippen LogP contribution in [0.25, 0.3) is 11.1 Å². The molecule has 8 heteroatoms. The van der Waals surface area contributed by atoms with E-state index in [1.54, 1.807) is 12.1 Å². The molecule has 0 aliphatic carbocycles. The number of benzene rings is 3. The maximum atomic E-state index is 14.8. The number of carbonyl (C=O) groups excluding carboxylic acids is 1. The fourth-order valence-electron chi connectivity index (χ4n) is 4.92. The predicted molar refractivity (Wildman–Crippen MR) is 143 cm³/mol. The summed E-state index contributed by atoms with van der Waals surface area (Å²) in [7, 11) is 0. The topological polar surface area (TPSA) is 45.2 Å². The van der Waals surface area contributed by atoms with Gasteiger partial charge in [-0.25, -0.2) is 18.2 Å². The molecule has 0 atom stereocenters. The molecule has 38 heavy (non-hydrogen) atoms. The first-order valence-corrected chi connectivity index (χ1v) is 12.7. The second-order valence-electron chi connectivity index (χ2n) is 9.41. The second-order valence-corrected chi connectivity index (χ2v) is 9.79. The van der Waals surface area contributed by atoms with E-state index >= 15 is 0 Å². The third-order valence-electron chi connectivity index (χ3n) is 6.88.